The molecule has 0 bridgehead atoms. The van der Waals surface area contributed by atoms with Gasteiger partial charge >= 0.3 is 0 Å². The molecule has 1 N–H and O–H groups in total. The van der Waals surface area contributed by atoms with E-state index in [2.05, 4.69) is 15.5 Å². The van der Waals surface area contributed by atoms with Crippen LogP contribution in [-0.2, 0) is 9.59 Å². The van der Waals surface area contributed by atoms with E-state index in [0.29, 0.717) is 23.1 Å². The standard InChI is InChI=1S/C21H17ClN4O2S/c22-16-7-9-17(10-8-16)26-13-15(12-19(26)28)20-24-25-21(29-20)23-18(27)11-6-14-4-2-1-3-5-14/h1-11,15H,12-13H2,(H,23,25,27)/b11-6+. The van der Waals surface area contributed by atoms with E-state index in [0.717, 1.165) is 16.3 Å². The Kier molecular flexibility index (Phi) is 5.69. The Balaban J connectivity index is 1.39. The lowest BCUT2D eigenvalue weighted by molar-refractivity contribution is -0.117. The number of rotatable bonds is 5. The number of carbonyl (C=O) groups excluding carboxylic acids is 2. The van der Waals surface area contributed by atoms with Crippen LogP contribution >= 0.6 is 22.9 Å². The van der Waals surface area contributed by atoms with Crippen molar-refractivity contribution >= 4 is 51.6 Å². The highest BCUT2D eigenvalue weighted by Gasteiger charge is 2.33. The van der Waals surface area contributed by atoms with E-state index in [-0.39, 0.29) is 17.7 Å². The van der Waals surface area contributed by atoms with Crippen molar-refractivity contribution in [3.8, 4) is 0 Å². The molecule has 1 aliphatic rings. The molecule has 6 nitrogen and oxygen atoms in total. The van der Waals surface area contributed by atoms with Crippen molar-refractivity contribution in [2.45, 2.75) is 12.3 Å². The molecule has 3 aromatic rings. The van der Waals surface area contributed by atoms with Crippen LogP contribution < -0.4 is 10.2 Å². The van der Waals surface area contributed by atoms with Crippen LogP contribution in [-0.4, -0.2) is 28.6 Å². The first-order chi connectivity index (χ1) is 14.1. The molecule has 1 atom stereocenters. The SMILES string of the molecule is O=C(/C=C/c1ccccc1)Nc1nnc(C2CC(=O)N(c3ccc(Cl)cc3)C2)s1. The van der Waals surface area contributed by atoms with Gasteiger partial charge in [-0.15, -0.1) is 10.2 Å². The molecule has 1 aliphatic heterocycles. The van der Waals surface area contributed by atoms with Crippen LogP contribution in [0.3, 0.4) is 0 Å². The van der Waals surface area contributed by atoms with Crippen molar-refractivity contribution in [3.63, 3.8) is 0 Å². The Morgan fingerprint density at radius 1 is 1.14 bits per heavy atom. The van der Waals surface area contributed by atoms with Crippen molar-refractivity contribution < 1.29 is 9.59 Å². The first kappa shape index (κ1) is 19.3. The summed E-state index contributed by atoms with van der Waals surface area (Å²) in [6, 6.07) is 16.7. The minimum absolute atomic E-state index is 0.0314. The second kappa shape index (κ2) is 8.55. The van der Waals surface area contributed by atoms with E-state index in [9.17, 15) is 9.59 Å². The molecule has 8 heteroatoms. The molecular weight excluding hydrogens is 408 g/mol. The smallest absolute Gasteiger partial charge is 0.250 e. The molecule has 2 aromatic carbocycles. The summed E-state index contributed by atoms with van der Waals surface area (Å²) in [6.07, 6.45) is 3.55. The number of nitrogens with zero attached hydrogens (tertiary/aromatic N) is 3. The number of anilines is 2. The number of benzene rings is 2. The Morgan fingerprint density at radius 3 is 2.66 bits per heavy atom. The number of amides is 2. The lowest BCUT2D eigenvalue weighted by Crippen LogP contribution is -2.24. The zero-order valence-electron chi connectivity index (χ0n) is 15.3. The fraction of sp³-hybridized carbons (Fsp3) is 0.143. The quantitative estimate of drug-likeness (QED) is 0.617. The minimum atomic E-state index is -0.276. The highest BCUT2D eigenvalue weighted by molar-refractivity contribution is 7.15. The normalized spacial score (nSPS) is 16.5. The number of aromatic nitrogens is 2. The van der Waals surface area contributed by atoms with Gasteiger partial charge in [0.1, 0.15) is 5.01 Å². The topological polar surface area (TPSA) is 75.2 Å². The van der Waals surface area contributed by atoms with Gasteiger partial charge in [-0.3, -0.25) is 14.9 Å². The lowest BCUT2D eigenvalue weighted by atomic mass is 10.1. The third kappa shape index (κ3) is 4.70. The van der Waals surface area contributed by atoms with Gasteiger partial charge in [0, 0.05) is 35.7 Å². The largest absolute Gasteiger partial charge is 0.312 e. The van der Waals surface area contributed by atoms with Gasteiger partial charge in [0.2, 0.25) is 16.9 Å². The molecule has 0 saturated carbocycles. The average molecular weight is 425 g/mol. The average Bonchev–Trinajstić information content (AvgIpc) is 3.34. The lowest BCUT2D eigenvalue weighted by Gasteiger charge is -2.16. The van der Waals surface area contributed by atoms with Crippen molar-refractivity contribution in [3.05, 3.63) is 76.3 Å². The number of halogens is 1. The first-order valence-electron chi connectivity index (χ1n) is 9.02. The summed E-state index contributed by atoms with van der Waals surface area (Å²) in [5.41, 5.74) is 1.75. The molecular formula is C21H17ClN4O2S. The van der Waals surface area contributed by atoms with E-state index in [1.165, 1.54) is 17.4 Å². The molecule has 0 aliphatic carbocycles. The summed E-state index contributed by atoms with van der Waals surface area (Å²) < 4.78 is 0. The number of nitrogens with one attached hydrogen (secondary N) is 1. The van der Waals surface area contributed by atoms with Gasteiger partial charge in [-0.2, -0.15) is 0 Å². The van der Waals surface area contributed by atoms with E-state index < -0.39 is 0 Å². The van der Waals surface area contributed by atoms with Crippen LogP contribution in [0.25, 0.3) is 6.08 Å². The monoisotopic (exact) mass is 424 g/mol. The predicted octanol–water partition coefficient (Wildman–Crippen LogP) is 4.36. The maximum absolute atomic E-state index is 12.4. The molecule has 1 saturated heterocycles. The van der Waals surface area contributed by atoms with Crippen molar-refractivity contribution in [1.29, 1.82) is 0 Å². The fourth-order valence-corrected chi connectivity index (χ4v) is 4.04. The minimum Gasteiger partial charge on any atom is -0.312 e. The number of carbonyl (C=O) groups is 2. The van der Waals surface area contributed by atoms with Crippen LogP contribution in [0.4, 0.5) is 10.8 Å². The summed E-state index contributed by atoms with van der Waals surface area (Å²) >= 11 is 7.22. The van der Waals surface area contributed by atoms with Gasteiger partial charge in [0.15, 0.2) is 0 Å². The molecule has 4 rings (SSSR count). The van der Waals surface area contributed by atoms with Crippen LogP contribution in [0, 0.1) is 0 Å². The third-order valence-corrected chi connectivity index (χ3v) is 5.76. The second-order valence-corrected chi connectivity index (χ2v) is 8.01. The zero-order chi connectivity index (χ0) is 20.2. The van der Waals surface area contributed by atoms with E-state index in [4.69, 9.17) is 11.6 Å². The summed E-state index contributed by atoms with van der Waals surface area (Å²) in [6.45, 7) is 0.525. The van der Waals surface area contributed by atoms with E-state index in [1.807, 2.05) is 42.5 Å². The molecule has 0 radical (unpaired) electrons. The highest BCUT2D eigenvalue weighted by Crippen LogP contribution is 2.34. The van der Waals surface area contributed by atoms with Gasteiger partial charge in [0.05, 0.1) is 0 Å². The highest BCUT2D eigenvalue weighted by atomic mass is 35.5. The summed E-state index contributed by atoms with van der Waals surface area (Å²) in [5.74, 6) is -0.299. The van der Waals surface area contributed by atoms with Crippen LogP contribution in [0.15, 0.2) is 60.7 Å². The van der Waals surface area contributed by atoms with Gasteiger partial charge in [-0.25, -0.2) is 0 Å². The Hall–Kier alpha value is -3.03. The Morgan fingerprint density at radius 2 is 1.90 bits per heavy atom. The predicted molar refractivity (Wildman–Crippen MR) is 115 cm³/mol. The van der Waals surface area contributed by atoms with Crippen LogP contribution in [0.2, 0.25) is 5.02 Å². The first-order valence-corrected chi connectivity index (χ1v) is 10.2. The zero-order valence-corrected chi connectivity index (χ0v) is 16.9. The number of hydrogen-bond acceptors (Lipinski definition) is 5. The third-order valence-electron chi connectivity index (χ3n) is 4.51. The Labute approximate surface area is 176 Å². The molecule has 146 valence electrons. The molecule has 1 unspecified atom stereocenters. The maximum atomic E-state index is 12.4. The molecule has 29 heavy (non-hydrogen) atoms. The molecule has 2 heterocycles. The van der Waals surface area contributed by atoms with E-state index >= 15 is 0 Å². The summed E-state index contributed by atoms with van der Waals surface area (Å²) in [7, 11) is 0. The fourth-order valence-electron chi connectivity index (χ4n) is 3.08. The maximum Gasteiger partial charge on any atom is 0.250 e. The van der Waals surface area contributed by atoms with Crippen LogP contribution in [0.5, 0.6) is 0 Å². The van der Waals surface area contributed by atoms with Gasteiger partial charge in [0.25, 0.3) is 0 Å². The number of hydrogen-bond donors (Lipinski definition) is 1. The van der Waals surface area contributed by atoms with Crippen molar-refractivity contribution in [1.82, 2.24) is 10.2 Å². The molecule has 2 amide bonds. The summed E-state index contributed by atoms with van der Waals surface area (Å²) in [5, 5.41) is 12.7. The van der Waals surface area contributed by atoms with Gasteiger partial charge in [-0.05, 0) is 35.9 Å². The second-order valence-electron chi connectivity index (χ2n) is 6.56. The molecule has 0 spiro atoms. The Bertz CT molecular complexity index is 1050. The van der Waals surface area contributed by atoms with Crippen LogP contribution in [0.1, 0.15) is 22.9 Å². The van der Waals surface area contributed by atoms with Gasteiger partial charge in [-0.1, -0.05) is 53.3 Å². The van der Waals surface area contributed by atoms with E-state index in [1.54, 1.807) is 23.1 Å². The van der Waals surface area contributed by atoms with Crippen molar-refractivity contribution in [2.75, 3.05) is 16.8 Å². The summed E-state index contributed by atoms with van der Waals surface area (Å²) in [4.78, 5) is 26.2. The van der Waals surface area contributed by atoms with Gasteiger partial charge < -0.3 is 4.90 Å². The molecule has 1 fully saturated rings. The van der Waals surface area contributed by atoms with Crippen molar-refractivity contribution in [2.24, 2.45) is 0 Å². The molecule has 1 aromatic heterocycles.